The summed E-state index contributed by atoms with van der Waals surface area (Å²) in [5.41, 5.74) is 1.51. The van der Waals surface area contributed by atoms with Crippen LogP contribution in [-0.4, -0.2) is 46.5 Å². The summed E-state index contributed by atoms with van der Waals surface area (Å²) in [5.74, 6) is -0.917. The molecule has 1 amide bonds. The van der Waals surface area contributed by atoms with Crippen LogP contribution in [0.4, 0.5) is 5.00 Å². The molecule has 1 aliphatic rings. The SMILES string of the molecule is O=C(O)c1ncsc1NCCC(=O)N1CCCCC1. The van der Waals surface area contributed by atoms with Crippen molar-refractivity contribution in [2.75, 3.05) is 25.0 Å². The average Bonchev–Trinajstić information content (AvgIpc) is 2.88. The van der Waals surface area contributed by atoms with Gasteiger partial charge in [-0.1, -0.05) is 0 Å². The van der Waals surface area contributed by atoms with Crippen molar-refractivity contribution in [2.24, 2.45) is 0 Å². The van der Waals surface area contributed by atoms with E-state index in [4.69, 9.17) is 5.11 Å². The molecule has 1 aromatic heterocycles. The summed E-state index contributed by atoms with van der Waals surface area (Å²) in [6.45, 7) is 2.14. The molecule has 0 spiro atoms. The smallest absolute Gasteiger partial charge is 0.357 e. The van der Waals surface area contributed by atoms with E-state index in [1.54, 1.807) is 0 Å². The van der Waals surface area contributed by atoms with E-state index in [1.165, 1.54) is 23.3 Å². The van der Waals surface area contributed by atoms with Crippen LogP contribution in [0.2, 0.25) is 0 Å². The van der Waals surface area contributed by atoms with Crippen molar-refractivity contribution in [3.05, 3.63) is 11.2 Å². The molecule has 1 saturated heterocycles. The minimum Gasteiger partial charge on any atom is -0.476 e. The largest absolute Gasteiger partial charge is 0.476 e. The van der Waals surface area contributed by atoms with Gasteiger partial charge < -0.3 is 15.3 Å². The number of nitrogens with one attached hydrogen (secondary N) is 1. The maximum Gasteiger partial charge on any atom is 0.357 e. The van der Waals surface area contributed by atoms with E-state index in [-0.39, 0.29) is 11.6 Å². The molecule has 1 aromatic rings. The standard InChI is InChI=1S/C12H17N3O3S/c16-9(15-6-2-1-3-7-15)4-5-13-11-10(12(17)18)14-8-19-11/h8,13H,1-7H2,(H,17,18). The number of anilines is 1. The molecule has 2 N–H and O–H groups in total. The summed E-state index contributed by atoms with van der Waals surface area (Å²) in [6.07, 6.45) is 3.75. The number of carboxylic acid groups (broad SMARTS) is 1. The molecule has 19 heavy (non-hydrogen) atoms. The first-order valence-electron chi connectivity index (χ1n) is 6.37. The number of thiazole rings is 1. The molecule has 104 valence electrons. The van der Waals surface area contributed by atoms with E-state index in [0.717, 1.165) is 25.9 Å². The first kappa shape index (κ1) is 13.8. The molecular weight excluding hydrogens is 266 g/mol. The maximum absolute atomic E-state index is 11.9. The number of carbonyl (C=O) groups excluding carboxylic acids is 1. The molecule has 0 aromatic carbocycles. The van der Waals surface area contributed by atoms with Gasteiger partial charge in [-0.25, -0.2) is 9.78 Å². The molecule has 2 heterocycles. The number of aromatic nitrogens is 1. The molecule has 0 radical (unpaired) electrons. The Balaban J connectivity index is 1.78. The summed E-state index contributed by atoms with van der Waals surface area (Å²) in [4.78, 5) is 28.4. The lowest BCUT2D eigenvalue weighted by atomic mass is 10.1. The Labute approximate surface area is 115 Å². The Morgan fingerprint density at radius 3 is 2.79 bits per heavy atom. The predicted octanol–water partition coefficient (Wildman–Crippen LogP) is 1.66. The molecule has 1 fully saturated rings. The summed E-state index contributed by atoms with van der Waals surface area (Å²) < 4.78 is 0. The number of nitrogens with zero attached hydrogens (tertiary/aromatic N) is 2. The van der Waals surface area contributed by atoms with Gasteiger partial charge in [0.15, 0.2) is 5.69 Å². The molecule has 6 nitrogen and oxygen atoms in total. The molecule has 2 rings (SSSR count). The lowest BCUT2D eigenvalue weighted by molar-refractivity contribution is -0.131. The third kappa shape index (κ3) is 3.66. The third-order valence-electron chi connectivity index (χ3n) is 3.10. The number of amides is 1. The van der Waals surface area contributed by atoms with Crippen molar-refractivity contribution >= 4 is 28.2 Å². The van der Waals surface area contributed by atoms with Gasteiger partial charge in [0.05, 0.1) is 5.51 Å². The zero-order valence-corrected chi connectivity index (χ0v) is 11.4. The van der Waals surface area contributed by atoms with Gasteiger partial charge in [-0.05, 0) is 19.3 Å². The summed E-state index contributed by atoms with van der Waals surface area (Å²) in [5, 5.41) is 12.4. The van der Waals surface area contributed by atoms with Crippen molar-refractivity contribution in [1.29, 1.82) is 0 Å². The summed E-state index contributed by atoms with van der Waals surface area (Å²) in [6, 6.07) is 0. The number of likely N-dealkylation sites (tertiary alicyclic amines) is 1. The van der Waals surface area contributed by atoms with Crippen LogP contribution in [0.1, 0.15) is 36.2 Å². The van der Waals surface area contributed by atoms with Gasteiger partial charge in [-0.2, -0.15) is 0 Å². The third-order valence-corrected chi connectivity index (χ3v) is 3.89. The van der Waals surface area contributed by atoms with Crippen molar-refractivity contribution in [3.8, 4) is 0 Å². The van der Waals surface area contributed by atoms with Crippen LogP contribution in [0.15, 0.2) is 5.51 Å². The normalized spacial score (nSPS) is 15.3. The average molecular weight is 283 g/mol. The van der Waals surface area contributed by atoms with Crippen molar-refractivity contribution in [1.82, 2.24) is 9.88 Å². The highest BCUT2D eigenvalue weighted by Gasteiger charge is 2.17. The second-order valence-electron chi connectivity index (χ2n) is 4.45. The first-order chi connectivity index (χ1) is 9.18. The Hall–Kier alpha value is -1.63. The van der Waals surface area contributed by atoms with Crippen LogP contribution in [0.5, 0.6) is 0 Å². The lowest BCUT2D eigenvalue weighted by Gasteiger charge is -2.26. The number of carbonyl (C=O) groups is 2. The van der Waals surface area contributed by atoms with Gasteiger partial charge in [0, 0.05) is 26.1 Å². The highest BCUT2D eigenvalue weighted by atomic mass is 32.1. The minimum absolute atomic E-state index is 0.0235. The van der Waals surface area contributed by atoms with E-state index in [0.29, 0.717) is 18.0 Å². The van der Waals surface area contributed by atoms with E-state index < -0.39 is 5.97 Å². The van der Waals surface area contributed by atoms with E-state index in [1.807, 2.05) is 4.90 Å². The molecule has 0 unspecified atom stereocenters. The number of hydrogen-bond donors (Lipinski definition) is 2. The second-order valence-corrected chi connectivity index (χ2v) is 5.31. The molecule has 0 atom stereocenters. The van der Waals surface area contributed by atoms with Gasteiger partial charge in [-0.15, -0.1) is 11.3 Å². The molecule has 0 aliphatic carbocycles. The molecule has 0 bridgehead atoms. The molecular formula is C12H17N3O3S. The second kappa shape index (κ2) is 6.51. The van der Waals surface area contributed by atoms with Gasteiger partial charge in [0.1, 0.15) is 5.00 Å². The van der Waals surface area contributed by atoms with Gasteiger partial charge in [-0.3, -0.25) is 4.79 Å². The van der Waals surface area contributed by atoms with Crippen LogP contribution in [0.25, 0.3) is 0 Å². The van der Waals surface area contributed by atoms with Crippen molar-refractivity contribution in [2.45, 2.75) is 25.7 Å². The Morgan fingerprint density at radius 2 is 2.11 bits per heavy atom. The van der Waals surface area contributed by atoms with Crippen molar-refractivity contribution < 1.29 is 14.7 Å². The van der Waals surface area contributed by atoms with Crippen molar-refractivity contribution in [3.63, 3.8) is 0 Å². The zero-order valence-electron chi connectivity index (χ0n) is 10.6. The minimum atomic E-state index is -1.05. The number of piperidine rings is 1. The summed E-state index contributed by atoms with van der Waals surface area (Å²) in [7, 11) is 0. The number of aromatic carboxylic acids is 1. The van der Waals surface area contributed by atoms with E-state index >= 15 is 0 Å². The molecule has 7 heteroatoms. The van der Waals surface area contributed by atoms with Crippen LogP contribution >= 0.6 is 11.3 Å². The molecule has 0 saturated carbocycles. The fourth-order valence-electron chi connectivity index (χ4n) is 2.11. The van der Waals surface area contributed by atoms with Crippen LogP contribution in [-0.2, 0) is 4.79 Å². The number of hydrogen-bond acceptors (Lipinski definition) is 5. The van der Waals surface area contributed by atoms with E-state index in [9.17, 15) is 9.59 Å². The van der Waals surface area contributed by atoms with Crippen LogP contribution in [0, 0.1) is 0 Å². The van der Waals surface area contributed by atoms with Gasteiger partial charge in [0.2, 0.25) is 5.91 Å². The molecule has 1 aliphatic heterocycles. The van der Waals surface area contributed by atoms with Crippen LogP contribution < -0.4 is 5.32 Å². The van der Waals surface area contributed by atoms with Gasteiger partial charge >= 0.3 is 5.97 Å². The topological polar surface area (TPSA) is 82.5 Å². The highest BCUT2D eigenvalue weighted by Crippen LogP contribution is 2.20. The van der Waals surface area contributed by atoms with Gasteiger partial charge in [0.25, 0.3) is 0 Å². The Bertz CT molecular complexity index is 455. The highest BCUT2D eigenvalue weighted by molar-refractivity contribution is 7.14. The maximum atomic E-state index is 11.9. The monoisotopic (exact) mass is 283 g/mol. The Kier molecular flexibility index (Phi) is 4.73. The fraction of sp³-hybridized carbons (Fsp3) is 0.583. The fourth-order valence-corrected chi connectivity index (χ4v) is 2.81. The Morgan fingerprint density at radius 1 is 1.37 bits per heavy atom. The van der Waals surface area contributed by atoms with Crippen LogP contribution in [0.3, 0.4) is 0 Å². The summed E-state index contributed by atoms with van der Waals surface area (Å²) >= 11 is 1.24. The number of rotatable bonds is 5. The van der Waals surface area contributed by atoms with E-state index in [2.05, 4.69) is 10.3 Å². The first-order valence-corrected chi connectivity index (χ1v) is 7.25. The number of carboxylic acids is 1. The zero-order chi connectivity index (χ0) is 13.7. The lowest BCUT2D eigenvalue weighted by Crippen LogP contribution is -2.36. The predicted molar refractivity (Wildman–Crippen MR) is 72.6 cm³/mol. The quantitative estimate of drug-likeness (QED) is 0.858.